The Morgan fingerprint density at radius 1 is 1.18 bits per heavy atom. The molecule has 0 aliphatic carbocycles. The first-order valence-electron chi connectivity index (χ1n) is 4.94. The fraction of sp³-hybridized carbons (Fsp3) is 0.0833. The van der Waals surface area contributed by atoms with Gasteiger partial charge in [-0.15, -0.1) is 0 Å². The van der Waals surface area contributed by atoms with Gasteiger partial charge >= 0.3 is 0 Å². The second kappa shape index (κ2) is 5.60. The molecule has 0 atom stereocenters. The minimum absolute atomic E-state index is 0.237. The smallest absolute Gasteiger partial charge is 0.123 e. The van der Waals surface area contributed by atoms with E-state index < -0.39 is 0 Å². The van der Waals surface area contributed by atoms with Crippen LogP contribution in [0.15, 0.2) is 45.6 Å². The van der Waals surface area contributed by atoms with Crippen LogP contribution >= 0.6 is 31.9 Å². The molecule has 2 nitrogen and oxygen atoms in total. The van der Waals surface area contributed by atoms with Gasteiger partial charge in [0, 0.05) is 11.0 Å². The highest BCUT2D eigenvalue weighted by atomic mass is 79.9. The van der Waals surface area contributed by atoms with E-state index in [9.17, 15) is 4.39 Å². The van der Waals surface area contributed by atoms with Crippen LogP contribution in [0.4, 0.5) is 10.1 Å². The van der Waals surface area contributed by atoms with E-state index in [2.05, 4.69) is 42.2 Å². The summed E-state index contributed by atoms with van der Waals surface area (Å²) in [6.07, 6.45) is 1.72. The predicted octanol–water partition coefficient (Wildman–Crippen LogP) is 4.36. The van der Waals surface area contributed by atoms with Gasteiger partial charge in [0.15, 0.2) is 0 Å². The molecular weight excluding hydrogens is 351 g/mol. The molecule has 0 aliphatic rings. The molecule has 17 heavy (non-hydrogen) atoms. The molecule has 0 fully saturated rings. The van der Waals surface area contributed by atoms with E-state index in [1.165, 1.54) is 12.1 Å². The molecule has 0 unspecified atom stereocenters. The van der Waals surface area contributed by atoms with Crippen molar-refractivity contribution in [1.29, 1.82) is 0 Å². The van der Waals surface area contributed by atoms with Crippen LogP contribution < -0.4 is 5.32 Å². The van der Waals surface area contributed by atoms with E-state index in [-0.39, 0.29) is 5.82 Å². The van der Waals surface area contributed by atoms with Crippen molar-refractivity contribution in [2.75, 3.05) is 5.32 Å². The van der Waals surface area contributed by atoms with Gasteiger partial charge in [0.25, 0.3) is 0 Å². The summed E-state index contributed by atoms with van der Waals surface area (Å²) < 4.78 is 14.7. The maximum absolute atomic E-state index is 13.1. The van der Waals surface area contributed by atoms with Crippen LogP contribution in [0.2, 0.25) is 0 Å². The standard InChI is InChI=1S/C12H9Br2FN2/c13-11-3-1-9(15)5-8(11)6-16-10-2-4-12(14)17-7-10/h1-5,7,16H,6H2. The van der Waals surface area contributed by atoms with E-state index in [4.69, 9.17) is 0 Å². The van der Waals surface area contributed by atoms with Crippen molar-refractivity contribution in [3.8, 4) is 0 Å². The van der Waals surface area contributed by atoms with Gasteiger partial charge in [-0.25, -0.2) is 9.37 Å². The number of anilines is 1. The molecule has 0 radical (unpaired) electrons. The van der Waals surface area contributed by atoms with E-state index in [1.54, 1.807) is 12.3 Å². The van der Waals surface area contributed by atoms with Gasteiger partial charge < -0.3 is 5.32 Å². The number of hydrogen-bond acceptors (Lipinski definition) is 2. The number of nitrogens with zero attached hydrogens (tertiary/aromatic N) is 1. The lowest BCUT2D eigenvalue weighted by Crippen LogP contribution is -2.01. The Bertz CT molecular complexity index is 514. The lowest BCUT2D eigenvalue weighted by atomic mass is 10.2. The molecule has 1 N–H and O–H groups in total. The highest BCUT2D eigenvalue weighted by molar-refractivity contribution is 9.10. The predicted molar refractivity (Wildman–Crippen MR) is 73.4 cm³/mol. The maximum atomic E-state index is 13.1. The zero-order valence-electron chi connectivity index (χ0n) is 8.75. The van der Waals surface area contributed by atoms with Crippen molar-refractivity contribution in [2.24, 2.45) is 0 Å². The van der Waals surface area contributed by atoms with Crippen LogP contribution in [0.1, 0.15) is 5.56 Å². The van der Waals surface area contributed by atoms with E-state index in [0.717, 1.165) is 20.3 Å². The van der Waals surface area contributed by atoms with Crippen LogP contribution in [0.3, 0.4) is 0 Å². The minimum Gasteiger partial charge on any atom is -0.380 e. The molecule has 1 aromatic carbocycles. The minimum atomic E-state index is -0.237. The van der Waals surface area contributed by atoms with Crippen molar-refractivity contribution >= 4 is 37.5 Å². The zero-order chi connectivity index (χ0) is 12.3. The van der Waals surface area contributed by atoms with Gasteiger partial charge in [-0.1, -0.05) is 15.9 Å². The molecule has 0 saturated heterocycles. The average Bonchev–Trinajstić information content (AvgIpc) is 2.32. The fourth-order valence-corrected chi connectivity index (χ4v) is 1.98. The Labute approximate surface area is 116 Å². The summed E-state index contributed by atoms with van der Waals surface area (Å²) in [6.45, 7) is 0.543. The Hall–Kier alpha value is -0.940. The quantitative estimate of drug-likeness (QED) is 0.823. The molecule has 2 rings (SSSR count). The van der Waals surface area contributed by atoms with Crippen molar-refractivity contribution in [1.82, 2.24) is 4.98 Å². The first-order chi connectivity index (χ1) is 8.15. The van der Waals surface area contributed by atoms with Crippen molar-refractivity contribution < 1.29 is 4.39 Å². The second-order valence-electron chi connectivity index (χ2n) is 3.46. The van der Waals surface area contributed by atoms with Crippen LogP contribution in [0, 0.1) is 5.82 Å². The Morgan fingerprint density at radius 2 is 2.00 bits per heavy atom. The largest absolute Gasteiger partial charge is 0.380 e. The monoisotopic (exact) mass is 358 g/mol. The normalized spacial score (nSPS) is 10.3. The second-order valence-corrected chi connectivity index (χ2v) is 5.13. The summed E-state index contributed by atoms with van der Waals surface area (Å²) in [5, 5.41) is 3.18. The first kappa shape index (κ1) is 12.5. The van der Waals surface area contributed by atoms with Crippen LogP contribution in [0.5, 0.6) is 0 Å². The molecular formula is C12H9Br2FN2. The maximum Gasteiger partial charge on any atom is 0.123 e. The van der Waals surface area contributed by atoms with Crippen LogP contribution in [0.25, 0.3) is 0 Å². The van der Waals surface area contributed by atoms with Crippen molar-refractivity contribution in [2.45, 2.75) is 6.54 Å². The summed E-state index contributed by atoms with van der Waals surface area (Å²) in [6, 6.07) is 8.39. The summed E-state index contributed by atoms with van der Waals surface area (Å²) in [4.78, 5) is 4.10. The molecule has 88 valence electrons. The fourth-order valence-electron chi connectivity index (χ4n) is 1.36. The summed E-state index contributed by atoms with van der Waals surface area (Å²) >= 11 is 6.65. The Kier molecular flexibility index (Phi) is 4.12. The van der Waals surface area contributed by atoms with E-state index in [1.807, 2.05) is 12.1 Å². The van der Waals surface area contributed by atoms with Crippen molar-refractivity contribution in [3.63, 3.8) is 0 Å². The summed E-state index contributed by atoms with van der Waals surface area (Å²) in [5.74, 6) is -0.237. The molecule has 0 bridgehead atoms. The number of rotatable bonds is 3. The van der Waals surface area contributed by atoms with Crippen molar-refractivity contribution in [3.05, 3.63) is 57.0 Å². The van der Waals surface area contributed by atoms with E-state index >= 15 is 0 Å². The van der Waals surface area contributed by atoms with Gasteiger partial charge in [0.2, 0.25) is 0 Å². The number of hydrogen-bond donors (Lipinski definition) is 1. The van der Waals surface area contributed by atoms with Gasteiger partial charge in [-0.3, -0.25) is 0 Å². The van der Waals surface area contributed by atoms with Gasteiger partial charge in [0.1, 0.15) is 10.4 Å². The topological polar surface area (TPSA) is 24.9 Å². The molecule has 0 spiro atoms. The van der Waals surface area contributed by atoms with Gasteiger partial charge in [-0.2, -0.15) is 0 Å². The zero-order valence-corrected chi connectivity index (χ0v) is 11.9. The molecule has 1 heterocycles. The number of benzene rings is 1. The number of pyridine rings is 1. The third-order valence-electron chi connectivity index (χ3n) is 2.22. The lowest BCUT2D eigenvalue weighted by molar-refractivity contribution is 0.625. The Balaban J connectivity index is 2.07. The molecule has 1 aromatic heterocycles. The number of nitrogens with one attached hydrogen (secondary N) is 1. The van der Waals surface area contributed by atoms with Crippen LogP contribution in [-0.2, 0) is 6.54 Å². The van der Waals surface area contributed by atoms with Gasteiger partial charge in [-0.05, 0) is 51.8 Å². The van der Waals surface area contributed by atoms with E-state index in [0.29, 0.717) is 6.54 Å². The number of aromatic nitrogens is 1. The third-order valence-corrected chi connectivity index (χ3v) is 3.46. The summed E-state index contributed by atoms with van der Waals surface area (Å²) in [7, 11) is 0. The lowest BCUT2D eigenvalue weighted by Gasteiger charge is -2.08. The molecule has 0 saturated carbocycles. The molecule has 0 amide bonds. The summed E-state index contributed by atoms with van der Waals surface area (Å²) in [5.41, 5.74) is 1.76. The molecule has 5 heteroatoms. The molecule has 0 aliphatic heterocycles. The highest BCUT2D eigenvalue weighted by Crippen LogP contribution is 2.19. The SMILES string of the molecule is Fc1ccc(Br)c(CNc2ccc(Br)nc2)c1. The molecule has 2 aromatic rings. The highest BCUT2D eigenvalue weighted by Gasteiger charge is 2.02. The number of halogens is 3. The third kappa shape index (κ3) is 3.51. The van der Waals surface area contributed by atoms with Gasteiger partial charge in [0.05, 0.1) is 11.9 Å². The first-order valence-corrected chi connectivity index (χ1v) is 6.53. The average molecular weight is 360 g/mol. The van der Waals surface area contributed by atoms with Crippen LogP contribution in [-0.4, -0.2) is 4.98 Å². The Morgan fingerprint density at radius 3 is 2.71 bits per heavy atom.